The molecule has 0 fully saturated rings. The van der Waals surface area contributed by atoms with Gasteiger partial charge in [-0.1, -0.05) is 20.3 Å². The van der Waals surface area contributed by atoms with E-state index >= 15 is 0 Å². The molecule has 100 valence electrons. The summed E-state index contributed by atoms with van der Waals surface area (Å²) >= 11 is 0. The van der Waals surface area contributed by atoms with Crippen molar-refractivity contribution in [3.8, 4) is 0 Å². The Morgan fingerprint density at radius 1 is 1.17 bits per heavy atom. The number of rotatable bonds is 8. The van der Waals surface area contributed by atoms with Crippen molar-refractivity contribution in [2.24, 2.45) is 0 Å². The fraction of sp³-hybridized carbons (Fsp3) is 0.583. The molecule has 6 heteroatoms. The van der Waals surface area contributed by atoms with Crippen LogP contribution in [0, 0.1) is 10.1 Å². The van der Waals surface area contributed by atoms with Crippen molar-refractivity contribution in [2.45, 2.75) is 33.1 Å². The summed E-state index contributed by atoms with van der Waals surface area (Å²) in [5, 5.41) is 17.0. The predicted molar refractivity (Wildman–Crippen MR) is 73.1 cm³/mol. The van der Waals surface area contributed by atoms with Crippen LogP contribution in [0.4, 0.5) is 17.3 Å². The number of hydrogen-bond acceptors (Lipinski definition) is 5. The highest BCUT2D eigenvalue weighted by atomic mass is 16.6. The van der Waals surface area contributed by atoms with Gasteiger partial charge in [-0.3, -0.25) is 10.1 Å². The zero-order valence-corrected chi connectivity index (χ0v) is 10.9. The maximum atomic E-state index is 10.8. The highest BCUT2D eigenvalue weighted by Gasteiger charge is 2.10. The Bertz CT molecular complexity index is 396. The van der Waals surface area contributed by atoms with Crippen LogP contribution in [0.1, 0.15) is 33.1 Å². The van der Waals surface area contributed by atoms with Crippen LogP contribution in [0.3, 0.4) is 0 Å². The molecule has 6 nitrogen and oxygen atoms in total. The molecule has 1 aromatic heterocycles. The second kappa shape index (κ2) is 7.47. The molecule has 2 N–H and O–H groups in total. The highest BCUT2D eigenvalue weighted by molar-refractivity contribution is 5.54. The van der Waals surface area contributed by atoms with Crippen LogP contribution in [0.5, 0.6) is 0 Å². The Kier molecular flexibility index (Phi) is 5.90. The second-order valence-electron chi connectivity index (χ2n) is 4.06. The summed E-state index contributed by atoms with van der Waals surface area (Å²) in [7, 11) is 0. The molecule has 0 spiro atoms. The van der Waals surface area contributed by atoms with E-state index < -0.39 is 4.92 Å². The van der Waals surface area contributed by atoms with Gasteiger partial charge in [-0.15, -0.1) is 0 Å². The van der Waals surface area contributed by atoms with Crippen molar-refractivity contribution < 1.29 is 4.92 Å². The minimum Gasteiger partial charge on any atom is -0.370 e. The van der Waals surface area contributed by atoms with Crippen molar-refractivity contribution >= 4 is 17.3 Å². The van der Waals surface area contributed by atoms with E-state index in [0.29, 0.717) is 11.6 Å². The molecule has 0 aliphatic carbocycles. The standard InChI is InChI=1S/C12H20N4O2/c1-3-5-7-14-12-9-10(16(17)18)8-11(15-12)13-6-4-2/h8-9H,3-7H2,1-2H3,(H2,13,14,15). The molecule has 0 aromatic carbocycles. The lowest BCUT2D eigenvalue weighted by Crippen LogP contribution is -2.07. The third kappa shape index (κ3) is 4.57. The summed E-state index contributed by atoms with van der Waals surface area (Å²) < 4.78 is 0. The maximum absolute atomic E-state index is 10.8. The fourth-order valence-electron chi connectivity index (χ4n) is 1.45. The smallest absolute Gasteiger partial charge is 0.276 e. The first kappa shape index (κ1) is 14.2. The van der Waals surface area contributed by atoms with Crippen molar-refractivity contribution in [3.05, 3.63) is 22.2 Å². The van der Waals surface area contributed by atoms with Crippen LogP contribution in [0.25, 0.3) is 0 Å². The number of nitrogens with one attached hydrogen (secondary N) is 2. The molecule has 0 saturated heterocycles. The number of hydrogen-bond donors (Lipinski definition) is 2. The summed E-state index contributed by atoms with van der Waals surface area (Å²) in [5.41, 5.74) is 0.0580. The van der Waals surface area contributed by atoms with Crippen LogP contribution in [-0.4, -0.2) is 23.0 Å². The fourth-order valence-corrected chi connectivity index (χ4v) is 1.45. The summed E-state index contributed by atoms with van der Waals surface area (Å²) in [6.45, 7) is 5.65. The molecule has 1 heterocycles. The van der Waals surface area contributed by atoms with Gasteiger partial charge in [0.15, 0.2) is 0 Å². The molecule has 0 saturated carbocycles. The Morgan fingerprint density at radius 3 is 2.28 bits per heavy atom. The number of nitro groups is 1. The van der Waals surface area contributed by atoms with Gasteiger partial charge in [0.1, 0.15) is 11.6 Å². The Balaban J connectivity index is 2.80. The molecule has 0 amide bonds. The Morgan fingerprint density at radius 2 is 1.78 bits per heavy atom. The second-order valence-corrected chi connectivity index (χ2v) is 4.06. The molecule has 0 unspecified atom stereocenters. The van der Waals surface area contributed by atoms with Gasteiger partial charge in [-0.05, 0) is 12.8 Å². The van der Waals surface area contributed by atoms with Gasteiger partial charge in [-0.25, -0.2) is 4.98 Å². The van der Waals surface area contributed by atoms with Crippen molar-refractivity contribution in [1.82, 2.24) is 4.98 Å². The molecule has 0 bridgehead atoms. The molecule has 0 aliphatic heterocycles. The van der Waals surface area contributed by atoms with Gasteiger partial charge in [0.2, 0.25) is 0 Å². The quantitative estimate of drug-likeness (QED) is 0.422. The number of anilines is 2. The average Bonchev–Trinajstić information content (AvgIpc) is 2.36. The number of unbranched alkanes of at least 4 members (excludes halogenated alkanes) is 1. The van der Waals surface area contributed by atoms with E-state index in [1.54, 1.807) is 0 Å². The third-order valence-electron chi connectivity index (χ3n) is 2.41. The summed E-state index contributed by atoms with van der Waals surface area (Å²) in [6, 6.07) is 2.92. The number of nitrogens with zero attached hydrogens (tertiary/aromatic N) is 2. The van der Waals surface area contributed by atoms with E-state index in [1.165, 1.54) is 12.1 Å². The molecule has 18 heavy (non-hydrogen) atoms. The van der Waals surface area contributed by atoms with Gasteiger partial charge in [0.05, 0.1) is 17.1 Å². The lowest BCUT2D eigenvalue weighted by atomic mass is 10.3. The number of aromatic nitrogens is 1. The molecule has 1 rings (SSSR count). The van der Waals surface area contributed by atoms with Crippen LogP contribution in [-0.2, 0) is 0 Å². The monoisotopic (exact) mass is 252 g/mol. The van der Waals surface area contributed by atoms with Gasteiger partial charge in [0.25, 0.3) is 5.69 Å². The summed E-state index contributed by atoms with van der Waals surface area (Å²) in [5.74, 6) is 1.10. The van der Waals surface area contributed by atoms with E-state index in [4.69, 9.17) is 0 Å². The minimum atomic E-state index is -0.399. The first-order valence-electron chi connectivity index (χ1n) is 6.31. The van der Waals surface area contributed by atoms with E-state index in [2.05, 4.69) is 22.5 Å². The van der Waals surface area contributed by atoms with Gasteiger partial charge in [-0.2, -0.15) is 0 Å². The van der Waals surface area contributed by atoms with Gasteiger partial charge in [0, 0.05) is 13.1 Å². The van der Waals surface area contributed by atoms with E-state index in [0.717, 1.165) is 32.4 Å². The normalized spacial score (nSPS) is 10.1. The molecule has 0 radical (unpaired) electrons. The SMILES string of the molecule is CCCCNc1cc([N+](=O)[O-])cc(NCCC)n1. The molecular weight excluding hydrogens is 232 g/mol. The lowest BCUT2D eigenvalue weighted by molar-refractivity contribution is -0.384. The Labute approximate surface area is 107 Å². The first-order chi connectivity index (χ1) is 8.67. The zero-order valence-electron chi connectivity index (χ0n) is 10.9. The van der Waals surface area contributed by atoms with E-state index in [-0.39, 0.29) is 5.69 Å². The maximum Gasteiger partial charge on any atom is 0.276 e. The lowest BCUT2D eigenvalue weighted by Gasteiger charge is -2.08. The molecule has 0 atom stereocenters. The third-order valence-corrected chi connectivity index (χ3v) is 2.41. The van der Waals surface area contributed by atoms with E-state index in [9.17, 15) is 10.1 Å². The van der Waals surface area contributed by atoms with Gasteiger partial charge >= 0.3 is 0 Å². The predicted octanol–water partition coefficient (Wildman–Crippen LogP) is 3.02. The molecule has 0 aliphatic rings. The molecule has 1 aromatic rings. The van der Waals surface area contributed by atoms with E-state index in [1.807, 2.05) is 6.92 Å². The van der Waals surface area contributed by atoms with Crippen LogP contribution in [0.15, 0.2) is 12.1 Å². The van der Waals surface area contributed by atoms with Crippen molar-refractivity contribution in [3.63, 3.8) is 0 Å². The summed E-state index contributed by atoms with van der Waals surface area (Å²) in [4.78, 5) is 14.7. The summed E-state index contributed by atoms with van der Waals surface area (Å²) in [6.07, 6.45) is 3.04. The van der Waals surface area contributed by atoms with Crippen molar-refractivity contribution in [1.29, 1.82) is 0 Å². The zero-order chi connectivity index (χ0) is 13.4. The molecular formula is C12H20N4O2. The minimum absolute atomic E-state index is 0.0580. The highest BCUT2D eigenvalue weighted by Crippen LogP contribution is 2.20. The largest absolute Gasteiger partial charge is 0.370 e. The number of pyridine rings is 1. The average molecular weight is 252 g/mol. The first-order valence-corrected chi connectivity index (χ1v) is 6.31. The van der Waals surface area contributed by atoms with Crippen LogP contribution in [0.2, 0.25) is 0 Å². The Hall–Kier alpha value is -1.85. The topological polar surface area (TPSA) is 80.1 Å². The van der Waals surface area contributed by atoms with Crippen molar-refractivity contribution in [2.75, 3.05) is 23.7 Å². The van der Waals surface area contributed by atoms with Crippen LogP contribution >= 0.6 is 0 Å². The van der Waals surface area contributed by atoms with Crippen LogP contribution < -0.4 is 10.6 Å². The van der Waals surface area contributed by atoms with Gasteiger partial charge < -0.3 is 10.6 Å².